The monoisotopic (exact) mass is 558 g/mol. The van der Waals surface area contributed by atoms with Crippen LogP contribution in [0.2, 0.25) is 5.02 Å². The summed E-state index contributed by atoms with van der Waals surface area (Å²) in [7, 11) is -4.18. The topological polar surface area (TPSA) is 94.5 Å². The summed E-state index contributed by atoms with van der Waals surface area (Å²) in [5.41, 5.74) is 3.02. The fourth-order valence-electron chi connectivity index (χ4n) is 3.60. The second-order valence-electron chi connectivity index (χ2n) is 8.24. The zero-order chi connectivity index (χ0) is 27.5. The van der Waals surface area contributed by atoms with E-state index in [2.05, 4.69) is 5.16 Å². The molecule has 0 fully saturated rings. The van der Waals surface area contributed by atoms with E-state index in [9.17, 15) is 13.2 Å². The Kier molecular flexibility index (Phi) is 10.6. The Morgan fingerprint density at radius 1 is 1.03 bits per heavy atom. The standard InChI is InChI=1S/C28H31ClN2O6S/c1-4-35-28(32)20-31(38(33,34)27-9-7-6-8-26(27)29)24-16-21(3)17-25(18-24)36-15-14-22-10-12-23(13-11-22)19-30-37-5-2/h6-13,16-19H,4-5,14-15,20H2,1-3H3. The number of halogens is 1. The van der Waals surface area contributed by atoms with Gasteiger partial charge in [0.05, 0.1) is 30.1 Å². The minimum absolute atomic E-state index is 0.0562. The average molecular weight is 559 g/mol. The van der Waals surface area contributed by atoms with Gasteiger partial charge in [0.25, 0.3) is 10.0 Å². The highest BCUT2D eigenvalue weighted by atomic mass is 35.5. The van der Waals surface area contributed by atoms with Crippen molar-refractivity contribution in [2.45, 2.75) is 32.1 Å². The van der Waals surface area contributed by atoms with Crippen molar-refractivity contribution in [2.24, 2.45) is 5.16 Å². The molecule has 0 radical (unpaired) electrons. The second-order valence-corrected chi connectivity index (χ2v) is 10.5. The fourth-order valence-corrected chi connectivity index (χ4v) is 5.49. The summed E-state index contributed by atoms with van der Waals surface area (Å²) in [5, 5.41) is 3.92. The van der Waals surface area contributed by atoms with E-state index in [1.807, 2.05) is 38.1 Å². The number of rotatable bonds is 13. The predicted molar refractivity (Wildman–Crippen MR) is 149 cm³/mol. The summed E-state index contributed by atoms with van der Waals surface area (Å²) in [6.45, 7) is 5.84. The van der Waals surface area contributed by atoms with Crippen molar-refractivity contribution in [1.82, 2.24) is 0 Å². The largest absolute Gasteiger partial charge is 0.493 e. The number of aryl methyl sites for hydroxylation is 1. The molecule has 0 heterocycles. The van der Waals surface area contributed by atoms with Crippen LogP contribution in [0.1, 0.15) is 30.5 Å². The third-order valence-electron chi connectivity index (χ3n) is 5.35. The maximum absolute atomic E-state index is 13.6. The van der Waals surface area contributed by atoms with Gasteiger partial charge < -0.3 is 14.3 Å². The van der Waals surface area contributed by atoms with Gasteiger partial charge in [0.15, 0.2) is 0 Å². The molecule has 3 rings (SSSR count). The Morgan fingerprint density at radius 2 is 1.76 bits per heavy atom. The molecule has 3 aromatic rings. The summed E-state index contributed by atoms with van der Waals surface area (Å²) >= 11 is 6.21. The lowest BCUT2D eigenvalue weighted by atomic mass is 10.1. The van der Waals surface area contributed by atoms with Crippen LogP contribution in [-0.2, 0) is 30.8 Å². The van der Waals surface area contributed by atoms with Gasteiger partial charge in [-0.1, -0.05) is 53.2 Å². The molecule has 0 bridgehead atoms. The van der Waals surface area contributed by atoms with E-state index in [0.29, 0.717) is 25.4 Å². The molecule has 38 heavy (non-hydrogen) atoms. The maximum Gasteiger partial charge on any atom is 0.326 e. The maximum atomic E-state index is 13.6. The number of esters is 1. The molecule has 0 aromatic heterocycles. The molecule has 0 saturated carbocycles. The van der Waals surface area contributed by atoms with Crippen LogP contribution >= 0.6 is 11.6 Å². The number of carbonyl (C=O) groups excluding carboxylic acids is 1. The number of sulfonamides is 1. The van der Waals surface area contributed by atoms with Crippen LogP contribution in [0.4, 0.5) is 5.69 Å². The van der Waals surface area contributed by atoms with Crippen molar-refractivity contribution in [2.75, 3.05) is 30.7 Å². The van der Waals surface area contributed by atoms with E-state index >= 15 is 0 Å². The third kappa shape index (κ3) is 7.97. The van der Waals surface area contributed by atoms with Crippen molar-refractivity contribution >= 4 is 39.5 Å². The molecule has 8 nitrogen and oxygen atoms in total. The number of hydrogen-bond donors (Lipinski definition) is 0. The molecule has 0 atom stereocenters. The van der Waals surface area contributed by atoms with Gasteiger partial charge in [-0.15, -0.1) is 0 Å². The van der Waals surface area contributed by atoms with Crippen molar-refractivity contribution in [3.05, 3.63) is 88.4 Å². The van der Waals surface area contributed by atoms with Crippen molar-refractivity contribution in [1.29, 1.82) is 0 Å². The lowest BCUT2D eigenvalue weighted by Gasteiger charge is -2.25. The Hall–Kier alpha value is -3.56. The fraction of sp³-hybridized carbons (Fsp3) is 0.286. The number of oxime groups is 1. The molecule has 0 aliphatic carbocycles. The minimum atomic E-state index is -4.18. The molecule has 0 unspecified atom stereocenters. The van der Waals surface area contributed by atoms with Crippen molar-refractivity contribution < 1.29 is 27.5 Å². The molecule has 3 aromatic carbocycles. The number of carbonyl (C=O) groups is 1. The summed E-state index contributed by atoms with van der Waals surface area (Å²) in [5.74, 6) is -0.203. The van der Waals surface area contributed by atoms with Crippen LogP contribution < -0.4 is 9.04 Å². The van der Waals surface area contributed by atoms with Crippen molar-refractivity contribution in [3.8, 4) is 5.75 Å². The molecule has 0 spiro atoms. The number of benzene rings is 3. The van der Waals surface area contributed by atoms with E-state index < -0.39 is 22.5 Å². The molecular formula is C28H31ClN2O6S. The van der Waals surface area contributed by atoms with E-state index in [4.69, 9.17) is 25.9 Å². The highest BCUT2D eigenvalue weighted by molar-refractivity contribution is 7.93. The van der Waals surface area contributed by atoms with Gasteiger partial charge in [-0.2, -0.15) is 0 Å². The Balaban J connectivity index is 1.80. The second kappa shape index (κ2) is 13.8. The van der Waals surface area contributed by atoms with E-state index in [1.54, 1.807) is 43.5 Å². The molecule has 0 saturated heterocycles. The smallest absolute Gasteiger partial charge is 0.326 e. The number of ether oxygens (including phenoxy) is 2. The molecular weight excluding hydrogens is 528 g/mol. The molecule has 0 amide bonds. The molecule has 0 aliphatic heterocycles. The number of hydrogen-bond acceptors (Lipinski definition) is 7. The molecule has 202 valence electrons. The van der Waals surface area contributed by atoms with Gasteiger partial charge in [0, 0.05) is 12.5 Å². The Labute approximate surface area is 228 Å². The van der Waals surface area contributed by atoms with Gasteiger partial charge in [-0.05, 0) is 61.7 Å². The van der Waals surface area contributed by atoms with Gasteiger partial charge >= 0.3 is 5.97 Å². The summed E-state index contributed by atoms with van der Waals surface area (Å²) in [6, 6.07) is 19.0. The highest BCUT2D eigenvalue weighted by Gasteiger charge is 2.30. The Morgan fingerprint density at radius 3 is 2.45 bits per heavy atom. The van der Waals surface area contributed by atoms with Crippen LogP contribution in [0, 0.1) is 6.92 Å². The minimum Gasteiger partial charge on any atom is -0.493 e. The molecule has 0 N–H and O–H groups in total. The molecule has 0 aliphatic rings. The van der Waals surface area contributed by atoms with Gasteiger partial charge in [0.2, 0.25) is 0 Å². The van der Waals surface area contributed by atoms with Crippen LogP contribution in [0.25, 0.3) is 0 Å². The van der Waals surface area contributed by atoms with Crippen molar-refractivity contribution in [3.63, 3.8) is 0 Å². The normalized spacial score (nSPS) is 11.4. The van der Waals surface area contributed by atoms with Crippen LogP contribution in [0.15, 0.2) is 76.8 Å². The summed E-state index contributed by atoms with van der Waals surface area (Å²) < 4.78 is 39.2. The third-order valence-corrected chi connectivity index (χ3v) is 7.62. The van der Waals surface area contributed by atoms with E-state index in [1.165, 1.54) is 12.1 Å². The highest BCUT2D eigenvalue weighted by Crippen LogP contribution is 2.31. The first-order valence-electron chi connectivity index (χ1n) is 12.2. The van der Waals surface area contributed by atoms with E-state index in [0.717, 1.165) is 21.0 Å². The zero-order valence-electron chi connectivity index (χ0n) is 21.6. The Bertz CT molecular complexity index is 1360. The van der Waals surface area contributed by atoms with Gasteiger partial charge in [0.1, 0.15) is 23.8 Å². The summed E-state index contributed by atoms with van der Waals surface area (Å²) in [6.07, 6.45) is 2.29. The first-order chi connectivity index (χ1) is 18.2. The van der Waals surface area contributed by atoms with Crippen LogP contribution in [-0.4, -0.2) is 47.0 Å². The predicted octanol–water partition coefficient (Wildman–Crippen LogP) is 5.40. The first-order valence-corrected chi connectivity index (χ1v) is 14.0. The van der Waals surface area contributed by atoms with Gasteiger partial charge in [-0.25, -0.2) is 8.42 Å². The first kappa shape index (κ1) is 29.0. The van der Waals surface area contributed by atoms with Crippen LogP contribution in [0.3, 0.4) is 0 Å². The molecule has 10 heteroatoms. The quantitative estimate of drug-likeness (QED) is 0.158. The number of nitrogens with zero attached hydrogens (tertiary/aromatic N) is 2. The lowest BCUT2D eigenvalue weighted by Crippen LogP contribution is -2.36. The summed E-state index contributed by atoms with van der Waals surface area (Å²) in [4.78, 5) is 17.3. The lowest BCUT2D eigenvalue weighted by molar-refractivity contribution is -0.141. The zero-order valence-corrected chi connectivity index (χ0v) is 23.2. The van der Waals surface area contributed by atoms with Gasteiger partial charge in [-0.3, -0.25) is 9.10 Å². The van der Waals surface area contributed by atoms with E-state index in [-0.39, 0.29) is 22.2 Å². The number of anilines is 1. The SMILES string of the molecule is CCON=Cc1ccc(CCOc2cc(C)cc(N(CC(=O)OCC)S(=O)(=O)c3ccccc3Cl)c2)cc1. The van der Waals surface area contributed by atoms with Crippen LogP contribution in [0.5, 0.6) is 5.75 Å². The average Bonchev–Trinajstić information content (AvgIpc) is 2.88.